The third kappa shape index (κ3) is 4.55. The zero-order valence-corrected chi connectivity index (χ0v) is 11.4. The third-order valence-electron chi connectivity index (χ3n) is 2.77. The summed E-state index contributed by atoms with van der Waals surface area (Å²) >= 11 is 0. The zero-order chi connectivity index (χ0) is 13.5. The molecule has 1 aromatic carbocycles. The van der Waals surface area contributed by atoms with E-state index in [1.807, 2.05) is 13.0 Å². The number of halogens is 1. The Bertz CT molecular complexity index is 471. The SMILES string of the molecule is CC(CCNCc1ccc(F)c(C#N)c1)S(C)=O. The predicted molar refractivity (Wildman–Crippen MR) is 71.0 cm³/mol. The highest BCUT2D eigenvalue weighted by Crippen LogP contribution is 2.09. The maximum atomic E-state index is 13.1. The smallest absolute Gasteiger partial charge is 0.140 e. The monoisotopic (exact) mass is 268 g/mol. The van der Waals surface area contributed by atoms with Crippen molar-refractivity contribution in [1.29, 1.82) is 5.26 Å². The van der Waals surface area contributed by atoms with Crippen molar-refractivity contribution in [2.75, 3.05) is 12.8 Å². The lowest BCUT2D eigenvalue weighted by Crippen LogP contribution is -2.21. The van der Waals surface area contributed by atoms with Gasteiger partial charge in [0.2, 0.25) is 0 Å². The van der Waals surface area contributed by atoms with Gasteiger partial charge in [-0.05, 0) is 30.7 Å². The molecule has 0 saturated heterocycles. The van der Waals surface area contributed by atoms with Gasteiger partial charge in [0.05, 0.1) is 5.56 Å². The van der Waals surface area contributed by atoms with Crippen LogP contribution in [0, 0.1) is 17.1 Å². The summed E-state index contributed by atoms with van der Waals surface area (Å²) < 4.78 is 24.2. The standard InChI is InChI=1S/C13H17FN2OS/c1-10(18(2)17)5-6-16-9-11-3-4-13(14)12(7-11)8-15/h3-4,7,10,16H,5-6,9H2,1-2H3. The van der Waals surface area contributed by atoms with E-state index in [9.17, 15) is 8.60 Å². The molecule has 0 aliphatic heterocycles. The molecule has 98 valence electrons. The van der Waals surface area contributed by atoms with E-state index in [0.29, 0.717) is 6.54 Å². The average Bonchev–Trinajstić information content (AvgIpc) is 2.35. The lowest BCUT2D eigenvalue weighted by Gasteiger charge is -2.09. The lowest BCUT2D eigenvalue weighted by molar-refractivity contribution is 0.615. The van der Waals surface area contributed by atoms with E-state index in [1.54, 1.807) is 18.4 Å². The van der Waals surface area contributed by atoms with Gasteiger partial charge in [0, 0.05) is 28.9 Å². The Balaban J connectivity index is 2.41. The van der Waals surface area contributed by atoms with E-state index in [2.05, 4.69) is 5.32 Å². The number of hydrogen-bond acceptors (Lipinski definition) is 3. The predicted octanol–water partition coefficient (Wildman–Crippen LogP) is 1.94. The van der Waals surface area contributed by atoms with Crippen LogP contribution in [0.15, 0.2) is 18.2 Å². The first-order valence-corrected chi connectivity index (χ1v) is 7.38. The van der Waals surface area contributed by atoms with Crippen molar-refractivity contribution >= 4 is 10.8 Å². The fourth-order valence-corrected chi connectivity index (χ4v) is 1.92. The lowest BCUT2D eigenvalue weighted by atomic mass is 10.1. The molecule has 18 heavy (non-hydrogen) atoms. The van der Waals surface area contributed by atoms with Gasteiger partial charge in [-0.25, -0.2) is 4.39 Å². The molecule has 0 heterocycles. The van der Waals surface area contributed by atoms with Crippen LogP contribution in [0.2, 0.25) is 0 Å². The largest absolute Gasteiger partial charge is 0.313 e. The molecule has 3 nitrogen and oxygen atoms in total. The molecule has 2 atom stereocenters. The Hall–Kier alpha value is -1.25. The van der Waals surface area contributed by atoms with Crippen molar-refractivity contribution in [2.24, 2.45) is 0 Å². The second kappa shape index (κ2) is 7.24. The van der Waals surface area contributed by atoms with Crippen molar-refractivity contribution in [2.45, 2.75) is 25.1 Å². The van der Waals surface area contributed by atoms with Gasteiger partial charge in [-0.15, -0.1) is 0 Å². The number of nitrogens with one attached hydrogen (secondary N) is 1. The van der Waals surface area contributed by atoms with Crippen molar-refractivity contribution in [3.05, 3.63) is 35.1 Å². The van der Waals surface area contributed by atoms with Gasteiger partial charge in [-0.1, -0.05) is 13.0 Å². The van der Waals surface area contributed by atoms with Gasteiger partial charge in [-0.3, -0.25) is 4.21 Å². The molecule has 1 aromatic rings. The van der Waals surface area contributed by atoms with E-state index in [1.165, 1.54) is 6.07 Å². The van der Waals surface area contributed by atoms with Crippen molar-refractivity contribution in [3.8, 4) is 6.07 Å². The number of rotatable bonds is 6. The molecule has 0 amide bonds. The van der Waals surface area contributed by atoms with Gasteiger partial charge in [0.15, 0.2) is 0 Å². The van der Waals surface area contributed by atoms with E-state index >= 15 is 0 Å². The molecular formula is C13H17FN2OS. The van der Waals surface area contributed by atoms with Crippen LogP contribution in [0.3, 0.4) is 0 Å². The van der Waals surface area contributed by atoms with Gasteiger partial charge in [0.25, 0.3) is 0 Å². The van der Waals surface area contributed by atoms with Gasteiger partial charge < -0.3 is 5.32 Å². The summed E-state index contributed by atoms with van der Waals surface area (Å²) in [5.74, 6) is -0.490. The molecule has 1 N–H and O–H groups in total. The van der Waals surface area contributed by atoms with Crippen LogP contribution >= 0.6 is 0 Å². The maximum Gasteiger partial charge on any atom is 0.140 e. The zero-order valence-electron chi connectivity index (χ0n) is 10.6. The normalized spacial score (nSPS) is 13.9. The fourth-order valence-electron chi connectivity index (χ4n) is 1.47. The minimum Gasteiger partial charge on any atom is -0.313 e. The Morgan fingerprint density at radius 3 is 2.89 bits per heavy atom. The fraction of sp³-hybridized carbons (Fsp3) is 0.462. The van der Waals surface area contributed by atoms with Crippen molar-refractivity contribution in [3.63, 3.8) is 0 Å². The molecular weight excluding hydrogens is 251 g/mol. The molecule has 0 aromatic heterocycles. The molecule has 0 aliphatic rings. The quantitative estimate of drug-likeness (QED) is 0.802. The van der Waals surface area contributed by atoms with E-state index < -0.39 is 16.6 Å². The second-order valence-electron chi connectivity index (χ2n) is 4.20. The van der Waals surface area contributed by atoms with Gasteiger partial charge in [-0.2, -0.15) is 5.26 Å². The Labute approximate surface area is 109 Å². The minimum atomic E-state index is -0.799. The molecule has 0 aliphatic carbocycles. The Morgan fingerprint density at radius 1 is 1.56 bits per heavy atom. The first-order valence-electron chi connectivity index (χ1n) is 5.76. The van der Waals surface area contributed by atoms with Crippen LogP contribution in [-0.2, 0) is 17.3 Å². The first-order chi connectivity index (χ1) is 8.54. The van der Waals surface area contributed by atoms with E-state index in [4.69, 9.17) is 5.26 Å². The van der Waals surface area contributed by atoms with Crippen LogP contribution in [-0.4, -0.2) is 22.3 Å². The number of nitrogens with zero attached hydrogens (tertiary/aromatic N) is 1. The molecule has 2 unspecified atom stereocenters. The molecule has 0 saturated carbocycles. The highest BCUT2D eigenvalue weighted by atomic mass is 32.2. The summed E-state index contributed by atoms with van der Waals surface area (Å²) in [7, 11) is -0.799. The van der Waals surface area contributed by atoms with Crippen molar-refractivity contribution in [1.82, 2.24) is 5.32 Å². The average molecular weight is 268 g/mol. The second-order valence-corrected chi connectivity index (χ2v) is 6.00. The van der Waals surface area contributed by atoms with Crippen LogP contribution in [0.1, 0.15) is 24.5 Å². The summed E-state index contributed by atoms with van der Waals surface area (Å²) in [6.45, 7) is 3.28. The minimum absolute atomic E-state index is 0.0670. The Kier molecular flexibility index (Phi) is 5.96. The van der Waals surface area contributed by atoms with Crippen LogP contribution < -0.4 is 5.32 Å². The van der Waals surface area contributed by atoms with Gasteiger partial charge in [0.1, 0.15) is 11.9 Å². The molecule has 1 rings (SSSR count). The maximum absolute atomic E-state index is 13.1. The summed E-state index contributed by atoms with van der Waals surface area (Å²) in [4.78, 5) is 0. The summed E-state index contributed by atoms with van der Waals surface area (Å²) in [5.41, 5.74) is 0.940. The highest BCUT2D eigenvalue weighted by Gasteiger charge is 2.05. The third-order valence-corrected chi connectivity index (χ3v) is 4.14. The van der Waals surface area contributed by atoms with Crippen LogP contribution in [0.5, 0.6) is 0 Å². The summed E-state index contributed by atoms with van der Waals surface area (Å²) in [5, 5.41) is 12.1. The number of nitriles is 1. The van der Waals surface area contributed by atoms with Crippen LogP contribution in [0.25, 0.3) is 0 Å². The first kappa shape index (κ1) is 14.8. The van der Waals surface area contributed by atoms with E-state index in [0.717, 1.165) is 18.5 Å². The van der Waals surface area contributed by atoms with Crippen molar-refractivity contribution < 1.29 is 8.60 Å². The summed E-state index contributed by atoms with van der Waals surface area (Å²) in [6, 6.07) is 6.32. The summed E-state index contributed by atoms with van der Waals surface area (Å²) in [6.07, 6.45) is 2.53. The van der Waals surface area contributed by atoms with Crippen LogP contribution in [0.4, 0.5) is 4.39 Å². The van der Waals surface area contributed by atoms with E-state index in [-0.39, 0.29) is 10.8 Å². The molecule has 0 spiro atoms. The number of hydrogen-bond donors (Lipinski definition) is 1. The Morgan fingerprint density at radius 2 is 2.28 bits per heavy atom. The molecule has 0 radical (unpaired) electrons. The number of benzene rings is 1. The molecule has 0 bridgehead atoms. The van der Waals surface area contributed by atoms with Gasteiger partial charge >= 0.3 is 0 Å². The highest BCUT2D eigenvalue weighted by molar-refractivity contribution is 7.84. The molecule has 5 heteroatoms. The topological polar surface area (TPSA) is 52.9 Å². The molecule has 0 fully saturated rings.